The van der Waals surface area contributed by atoms with Crippen molar-refractivity contribution in [1.82, 2.24) is 34.6 Å². The number of fused-ring (bicyclic) bond motifs is 3. The zero-order valence-corrected chi connectivity index (χ0v) is 16.8. The van der Waals surface area contributed by atoms with Crippen molar-refractivity contribution in [3.8, 4) is 11.3 Å². The average Bonchev–Trinajstić information content (AvgIpc) is 3.51. The molecule has 1 spiro atoms. The smallest absolute Gasteiger partial charge is 0.138 e. The number of nitrogens with one attached hydrogen (secondary N) is 2. The van der Waals surface area contributed by atoms with E-state index in [0.29, 0.717) is 5.02 Å². The Morgan fingerprint density at radius 2 is 1.93 bits per heavy atom. The highest BCUT2D eigenvalue weighted by atomic mass is 35.5. The average molecular weight is 408 g/mol. The highest BCUT2D eigenvalue weighted by Gasteiger charge is 2.42. The van der Waals surface area contributed by atoms with Crippen molar-refractivity contribution in [2.24, 2.45) is 0 Å². The predicted molar refractivity (Wildman–Crippen MR) is 112 cm³/mol. The van der Waals surface area contributed by atoms with Gasteiger partial charge in [0.2, 0.25) is 0 Å². The molecule has 6 rings (SSSR count). The molecule has 0 bridgehead atoms. The summed E-state index contributed by atoms with van der Waals surface area (Å²) in [5, 5.41) is 6.54. The number of aromatic amines is 2. The third kappa shape index (κ3) is 2.80. The molecule has 2 N–H and O–H groups in total. The lowest BCUT2D eigenvalue weighted by atomic mass is 9.74. The first-order chi connectivity index (χ1) is 14.2. The molecule has 1 saturated heterocycles. The Hall–Kier alpha value is -2.64. The van der Waals surface area contributed by atoms with E-state index in [-0.39, 0.29) is 5.41 Å². The Bertz CT molecular complexity index is 1170. The maximum absolute atomic E-state index is 6.28. The number of imidazole rings is 1. The highest BCUT2D eigenvalue weighted by Crippen LogP contribution is 2.44. The third-order valence-electron chi connectivity index (χ3n) is 6.64. The number of piperidine rings is 1. The van der Waals surface area contributed by atoms with E-state index in [9.17, 15) is 0 Å². The van der Waals surface area contributed by atoms with Gasteiger partial charge in [-0.15, -0.1) is 0 Å². The predicted octanol–water partition coefficient (Wildman–Crippen LogP) is 3.74. The number of nitrogens with zero attached hydrogens (tertiary/aromatic N) is 5. The van der Waals surface area contributed by atoms with E-state index in [4.69, 9.17) is 16.7 Å². The fraction of sp³-hybridized carbons (Fsp3) is 0.381. The summed E-state index contributed by atoms with van der Waals surface area (Å²) in [5.74, 6) is 1.05. The summed E-state index contributed by atoms with van der Waals surface area (Å²) in [6.07, 6.45) is 10.9. The summed E-state index contributed by atoms with van der Waals surface area (Å²) in [6, 6.07) is 4.36. The number of halogens is 1. The van der Waals surface area contributed by atoms with Gasteiger partial charge in [-0.1, -0.05) is 11.6 Å². The van der Waals surface area contributed by atoms with Crippen LogP contribution in [0.2, 0.25) is 5.02 Å². The number of H-pyrrole nitrogens is 2. The molecule has 1 fully saturated rings. The molecule has 0 radical (unpaired) electrons. The Morgan fingerprint density at radius 1 is 1.07 bits per heavy atom. The van der Waals surface area contributed by atoms with Gasteiger partial charge in [0.05, 0.1) is 17.3 Å². The molecule has 2 aliphatic heterocycles. The van der Waals surface area contributed by atoms with Crippen LogP contribution in [0.4, 0.5) is 0 Å². The molecular weight excluding hydrogens is 386 g/mol. The van der Waals surface area contributed by atoms with Crippen LogP contribution in [-0.4, -0.2) is 47.7 Å². The molecule has 0 aliphatic carbocycles. The van der Waals surface area contributed by atoms with Crippen molar-refractivity contribution >= 4 is 22.6 Å². The zero-order chi connectivity index (χ0) is 19.4. The van der Waals surface area contributed by atoms with E-state index < -0.39 is 0 Å². The van der Waals surface area contributed by atoms with Crippen LogP contribution in [0, 0.1) is 0 Å². The van der Waals surface area contributed by atoms with Gasteiger partial charge in [-0.3, -0.25) is 9.58 Å². The van der Waals surface area contributed by atoms with Gasteiger partial charge < -0.3 is 9.97 Å². The molecular formula is C21H22ClN7. The number of pyridine rings is 1. The minimum absolute atomic E-state index is 0.244. The lowest BCUT2D eigenvalue weighted by Crippen LogP contribution is -2.41. The van der Waals surface area contributed by atoms with E-state index in [2.05, 4.69) is 41.7 Å². The van der Waals surface area contributed by atoms with E-state index >= 15 is 0 Å². The largest absolute Gasteiger partial charge is 0.348 e. The standard InChI is InChI=1S/C21H22ClN7/c22-16-12-26-20-15(16)9-14(11-25-20)17-10-18-21(3-8-29(18)27-17)1-6-28(7-2-21)13-19-23-4-5-24-19/h4-5,9-12H,1-3,6-8,13H2,(H,23,24)(H,25,26). The van der Waals surface area contributed by atoms with Gasteiger partial charge in [0.1, 0.15) is 11.5 Å². The van der Waals surface area contributed by atoms with Crippen molar-refractivity contribution in [2.75, 3.05) is 13.1 Å². The fourth-order valence-electron chi connectivity index (χ4n) is 4.96. The summed E-state index contributed by atoms with van der Waals surface area (Å²) in [4.78, 5) is 17.7. The second-order valence-corrected chi connectivity index (χ2v) is 8.64. The van der Waals surface area contributed by atoms with Crippen LogP contribution in [0.1, 0.15) is 30.8 Å². The zero-order valence-electron chi connectivity index (χ0n) is 16.0. The Kier molecular flexibility index (Phi) is 3.82. The van der Waals surface area contributed by atoms with Crippen LogP contribution >= 0.6 is 11.6 Å². The van der Waals surface area contributed by atoms with Crippen LogP contribution in [0.25, 0.3) is 22.3 Å². The summed E-state index contributed by atoms with van der Waals surface area (Å²) >= 11 is 6.28. The van der Waals surface area contributed by atoms with Crippen LogP contribution in [0.3, 0.4) is 0 Å². The molecule has 2 aliphatic rings. The van der Waals surface area contributed by atoms with Crippen LogP contribution in [-0.2, 0) is 18.5 Å². The molecule has 0 aromatic carbocycles. The molecule has 0 saturated carbocycles. The van der Waals surface area contributed by atoms with E-state index in [0.717, 1.165) is 54.3 Å². The van der Waals surface area contributed by atoms with Gasteiger partial charge in [-0.05, 0) is 44.5 Å². The summed E-state index contributed by atoms with van der Waals surface area (Å²) in [5.41, 5.74) is 4.44. The minimum atomic E-state index is 0.244. The van der Waals surface area contributed by atoms with E-state index in [1.54, 1.807) is 6.20 Å². The molecule has 8 heteroatoms. The summed E-state index contributed by atoms with van der Waals surface area (Å²) < 4.78 is 2.21. The minimum Gasteiger partial charge on any atom is -0.348 e. The van der Waals surface area contributed by atoms with Crippen molar-refractivity contribution in [1.29, 1.82) is 0 Å². The maximum atomic E-state index is 6.28. The van der Waals surface area contributed by atoms with Crippen LogP contribution in [0.15, 0.2) is 36.9 Å². The van der Waals surface area contributed by atoms with Crippen LogP contribution in [0.5, 0.6) is 0 Å². The number of hydrogen-bond donors (Lipinski definition) is 2. The normalized spacial score (nSPS) is 18.7. The fourth-order valence-corrected chi connectivity index (χ4v) is 5.15. The lowest BCUT2D eigenvalue weighted by Gasteiger charge is -2.38. The molecule has 29 heavy (non-hydrogen) atoms. The van der Waals surface area contributed by atoms with E-state index in [1.165, 1.54) is 25.0 Å². The molecule has 0 atom stereocenters. The topological polar surface area (TPSA) is 78.4 Å². The molecule has 0 amide bonds. The first-order valence-electron chi connectivity index (χ1n) is 10.1. The van der Waals surface area contributed by atoms with Crippen molar-refractivity contribution < 1.29 is 0 Å². The van der Waals surface area contributed by atoms with Gasteiger partial charge in [0, 0.05) is 53.4 Å². The molecule has 7 nitrogen and oxygen atoms in total. The van der Waals surface area contributed by atoms with Gasteiger partial charge in [-0.2, -0.15) is 5.10 Å². The maximum Gasteiger partial charge on any atom is 0.138 e. The number of likely N-dealkylation sites (tertiary alicyclic amines) is 1. The molecule has 0 unspecified atom stereocenters. The number of aryl methyl sites for hydroxylation is 1. The van der Waals surface area contributed by atoms with Crippen molar-refractivity contribution in [2.45, 2.75) is 37.8 Å². The second-order valence-electron chi connectivity index (χ2n) is 8.24. The van der Waals surface area contributed by atoms with Gasteiger partial charge in [0.15, 0.2) is 0 Å². The number of rotatable bonds is 3. The van der Waals surface area contributed by atoms with Gasteiger partial charge >= 0.3 is 0 Å². The van der Waals surface area contributed by atoms with Crippen molar-refractivity contribution in [3.63, 3.8) is 0 Å². The molecule has 4 aromatic heterocycles. The SMILES string of the molecule is Clc1c[nH]c2ncc(-c3cc4n(n3)CCC43CCN(Cc4ncc[nH]4)CC3)cc12. The highest BCUT2D eigenvalue weighted by molar-refractivity contribution is 6.35. The Morgan fingerprint density at radius 3 is 2.76 bits per heavy atom. The summed E-state index contributed by atoms with van der Waals surface area (Å²) in [7, 11) is 0. The Balaban J connectivity index is 1.26. The Labute approximate surface area is 173 Å². The van der Waals surface area contributed by atoms with E-state index in [1.807, 2.05) is 18.6 Å². The summed E-state index contributed by atoms with van der Waals surface area (Å²) in [6.45, 7) is 4.08. The third-order valence-corrected chi connectivity index (χ3v) is 6.96. The van der Waals surface area contributed by atoms with Gasteiger partial charge in [-0.25, -0.2) is 9.97 Å². The quantitative estimate of drug-likeness (QED) is 0.542. The first kappa shape index (κ1) is 17.2. The van der Waals surface area contributed by atoms with Gasteiger partial charge in [0.25, 0.3) is 0 Å². The van der Waals surface area contributed by atoms with Crippen molar-refractivity contribution in [3.05, 3.63) is 53.5 Å². The molecule has 148 valence electrons. The number of hydrogen-bond acceptors (Lipinski definition) is 4. The molecule has 4 aromatic rings. The monoisotopic (exact) mass is 407 g/mol. The second kappa shape index (κ2) is 6.43. The van der Waals surface area contributed by atoms with Crippen LogP contribution < -0.4 is 0 Å². The first-order valence-corrected chi connectivity index (χ1v) is 10.5. The number of aromatic nitrogens is 6. The molecule has 6 heterocycles. The lowest BCUT2D eigenvalue weighted by molar-refractivity contribution is 0.149.